The van der Waals surface area contributed by atoms with Crippen molar-refractivity contribution in [3.8, 4) is 0 Å². The minimum Gasteiger partial charge on any atom is -0.542 e. The molecule has 3 aliphatic rings. The third-order valence-corrected chi connectivity index (χ3v) is 7.58. The first-order chi connectivity index (χ1) is 20.0. The van der Waals surface area contributed by atoms with E-state index >= 15 is 0 Å². The van der Waals surface area contributed by atoms with Gasteiger partial charge in [0.25, 0.3) is 0 Å². The number of pyridine rings is 1. The summed E-state index contributed by atoms with van der Waals surface area (Å²) in [4.78, 5) is 49.5. The van der Waals surface area contributed by atoms with Gasteiger partial charge >= 0.3 is 12.1 Å². The number of fused-ring (bicyclic) bond motifs is 3. The van der Waals surface area contributed by atoms with E-state index in [9.17, 15) is 27.6 Å². The highest BCUT2D eigenvalue weighted by molar-refractivity contribution is 5.97. The number of hydrogen-bond donors (Lipinski definition) is 2. The number of carbonyl (C=O) groups is 3. The topological polar surface area (TPSA) is 128 Å². The fraction of sp³-hybridized carbons (Fsp3) is 0.333. The van der Waals surface area contributed by atoms with Crippen LogP contribution in [0, 0.1) is 5.92 Å². The Labute approximate surface area is 239 Å². The lowest BCUT2D eigenvalue weighted by Crippen LogP contribution is -2.65. The zero-order chi connectivity index (χ0) is 30.3. The Balaban J connectivity index is 0.000000517. The van der Waals surface area contributed by atoms with E-state index in [1.165, 1.54) is 6.07 Å². The van der Waals surface area contributed by atoms with E-state index in [1.54, 1.807) is 12.3 Å². The van der Waals surface area contributed by atoms with Crippen LogP contribution >= 0.6 is 0 Å². The number of halogens is 3. The number of rotatable bonds is 8. The minimum atomic E-state index is -5.19. The number of Topliss-reactive ketones (excluding diaryl/α,β-unsaturated/α-hetero) is 1. The Morgan fingerprint density at radius 3 is 2.12 bits per heavy atom. The molecule has 9 nitrogen and oxygen atoms in total. The third-order valence-electron chi connectivity index (χ3n) is 7.58. The van der Waals surface area contributed by atoms with E-state index in [0.29, 0.717) is 29.1 Å². The Kier molecular flexibility index (Phi) is 9.46. The van der Waals surface area contributed by atoms with Gasteiger partial charge in [0.05, 0.1) is 13.1 Å². The van der Waals surface area contributed by atoms with Crippen LogP contribution in [0.15, 0.2) is 83.8 Å². The van der Waals surface area contributed by atoms with Gasteiger partial charge in [0.2, 0.25) is 11.3 Å². The highest BCUT2D eigenvalue weighted by atomic mass is 19.4. The number of benzene rings is 2. The predicted molar refractivity (Wildman–Crippen MR) is 144 cm³/mol. The normalized spacial score (nSPS) is 21.8. The smallest absolute Gasteiger partial charge is 0.430 e. The summed E-state index contributed by atoms with van der Waals surface area (Å²) in [7, 11) is 0. The van der Waals surface area contributed by atoms with E-state index in [-0.39, 0.29) is 23.4 Å². The summed E-state index contributed by atoms with van der Waals surface area (Å²) in [5.41, 5.74) is 1.91. The quantitative estimate of drug-likeness (QED) is 0.236. The molecule has 2 atom stereocenters. The number of aromatic nitrogens is 1. The van der Waals surface area contributed by atoms with Crippen LogP contribution in [0.1, 0.15) is 34.8 Å². The largest absolute Gasteiger partial charge is 0.542 e. The molecule has 222 valence electrons. The van der Waals surface area contributed by atoms with Crippen LogP contribution in [0.5, 0.6) is 0 Å². The van der Waals surface area contributed by atoms with Crippen LogP contribution in [-0.4, -0.2) is 65.6 Å². The van der Waals surface area contributed by atoms with Gasteiger partial charge in [-0.15, -0.1) is 0 Å². The Morgan fingerprint density at radius 1 is 0.976 bits per heavy atom. The number of H-pyrrole nitrogens is 1. The highest BCUT2D eigenvalue weighted by Gasteiger charge is 2.49. The molecule has 6 rings (SSSR count). The number of esters is 1. The second kappa shape index (κ2) is 13.0. The average Bonchev–Trinajstić information content (AvgIpc) is 2.97. The molecule has 0 spiro atoms. The highest BCUT2D eigenvalue weighted by Crippen LogP contribution is 2.36. The molecule has 3 saturated heterocycles. The van der Waals surface area contributed by atoms with E-state index in [1.807, 2.05) is 60.7 Å². The number of aromatic amines is 1. The van der Waals surface area contributed by atoms with Gasteiger partial charge in [-0.05, 0) is 18.2 Å². The number of ether oxygens (including phenoxy) is 1. The molecule has 3 aliphatic heterocycles. The lowest BCUT2D eigenvalue weighted by Gasteiger charge is -2.51. The number of quaternary nitrogens is 1. The van der Waals surface area contributed by atoms with Crippen molar-refractivity contribution < 1.29 is 41.9 Å². The molecule has 3 aromatic rings. The first kappa shape index (κ1) is 30.5. The van der Waals surface area contributed by atoms with Gasteiger partial charge in [0.15, 0.2) is 12.1 Å². The van der Waals surface area contributed by atoms with E-state index in [2.05, 4.69) is 10.3 Å². The van der Waals surface area contributed by atoms with Gasteiger partial charge in [-0.25, -0.2) is 4.79 Å². The summed E-state index contributed by atoms with van der Waals surface area (Å²) in [6.45, 7) is 2.95. The minimum absolute atomic E-state index is 0.132. The number of ketones is 1. The van der Waals surface area contributed by atoms with Crippen molar-refractivity contribution in [2.75, 3.05) is 31.5 Å². The summed E-state index contributed by atoms with van der Waals surface area (Å²) >= 11 is 0. The number of carboxylic acid groups (broad SMARTS) is 1. The molecule has 1 unspecified atom stereocenters. The summed E-state index contributed by atoms with van der Waals surface area (Å²) in [5.74, 6) is -2.95. The van der Waals surface area contributed by atoms with Crippen LogP contribution in [-0.2, 0) is 14.3 Å². The van der Waals surface area contributed by atoms with Gasteiger partial charge in [-0.3, -0.25) is 9.59 Å². The number of anilines is 1. The number of carboxylic acids is 1. The maximum Gasteiger partial charge on any atom is 0.430 e. The lowest BCUT2D eigenvalue weighted by atomic mass is 9.82. The zero-order valence-electron chi connectivity index (χ0n) is 22.5. The van der Waals surface area contributed by atoms with Crippen molar-refractivity contribution in [2.24, 2.45) is 5.92 Å². The van der Waals surface area contributed by atoms with Crippen LogP contribution in [0.2, 0.25) is 0 Å². The number of piperidine rings is 3. The van der Waals surface area contributed by atoms with Crippen LogP contribution in [0.4, 0.5) is 18.9 Å². The molecule has 0 aliphatic carbocycles. The molecule has 0 amide bonds. The first-order valence-electron chi connectivity index (χ1n) is 13.4. The van der Waals surface area contributed by atoms with Crippen LogP contribution in [0.3, 0.4) is 0 Å². The van der Waals surface area contributed by atoms with E-state index < -0.39 is 18.2 Å². The third kappa shape index (κ3) is 7.84. The fourth-order valence-corrected chi connectivity index (χ4v) is 5.40. The molecule has 2 bridgehead atoms. The van der Waals surface area contributed by atoms with Crippen molar-refractivity contribution in [2.45, 2.75) is 31.2 Å². The van der Waals surface area contributed by atoms with Crippen molar-refractivity contribution in [1.82, 2.24) is 4.98 Å². The molecule has 1 aromatic heterocycles. The molecular formula is C30H30F3N3O6. The second-order valence-electron chi connectivity index (χ2n) is 10.4. The number of nitrogens with one attached hydrogen (secondary N) is 2. The van der Waals surface area contributed by atoms with Crippen molar-refractivity contribution in [3.63, 3.8) is 0 Å². The fourth-order valence-electron chi connectivity index (χ4n) is 5.40. The number of alkyl halides is 3. The number of nitrogens with zero attached hydrogens (tertiary/aromatic N) is 1. The van der Waals surface area contributed by atoms with Gasteiger partial charge in [-0.2, -0.15) is 13.2 Å². The summed E-state index contributed by atoms with van der Waals surface area (Å²) in [6, 6.07) is 21.2. The van der Waals surface area contributed by atoms with E-state index in [4.69, 9.17) is 14.6 Å². The second-order valence-corrected chi connectivity index (χ2v) is 10.4. The Hall–Kier alpha value is -4.45. The van der Waals surface area contributed by atoms with E-state index in [0.717, 1.165) is 37.2 Å². The molecule has 42 heavy (non-hydrogen) atoms. The molecular weight excluding hydrogens is 555 g/mol. The molecule has 2 aromatic carbocycles. The first-order valence-corrected chi connectivity index (χ1v) is 13.4. The number of aliphatic carboxylic acids is 1. The number of carbonyl (C=O) groups excluding carboxylic acids is 3. The van der Waals surface area contributed by atoms with Gasteiger partial charge in [-0.1, -0.05) is 48.5 Å². The molecule has 12 heteroatoms. The van der Waals surface area contributed by atoms with Crippen molar-refractivity contribution in [1.29, 1.82) is 0 Å². The zero-order valence-corrected chi connectivity index (χ0v) is 22.5. The summed E-state index contributed by atoms with van der Waals surface area (Å²) < 4.78 is 38.3. The van der Waals surface area contributed by atoms with Crippen LogP contribution in [0.25, 0.3) is 0 Å². The van der Waals surface area contributed by atoms with Gasteiger partial charge in [0.1, 0.15) is 19.1 Å². The molecule has 4 heterocycles. The van der Waals surface area contributed by atoms with Crippen LogP contribution < -0.4 is 16.0 Å². The average molecular weight is 586 g/mol. The lowest BCUT2D eigenvalue weighted by molar-refractivity contribution is -0.938. The van der Waals surface area contributed by atoms with Gasteiger partial charge in [0, 0.05) is 47.8 Å². The molecule has 2 N–H and O–H groups in total. The molecule has 0 radical (unpaired) electrons. The Bertz CT molecular complexity index is 1420. The Morgan fingerprint density at radius 2 is 1.57 bits per heavy atom. The summed E-state index contributed by atoms with van der Waals surface area (Å²) in [6.07, 6.45) is -2.01. The molecule has 3 fully saturated rings. The number of para-hydroxylation sites is 1. The molecule has 0 saturated carbocycles. The summed E-state index contributed by atoms with van der Waals surface area (Å²) in [5, 5.41) is 12.0. The number of hydrogen-bond acceptors (Lipinski definition) is 7. The maximum absolute atomic E-state index is 13.5. The van der Waals surface area contributed by atoms with Gasteiger partial charge < -0.3 is 29.4 Å². The monoisotopic (exact) mass is 585 g/mol. The maximum atomic E-state index is 13.5. The standard InChI is InChI=1S/C28H29N3O4.C2HF3O2/c32-24(20-7-3-1-4-8-20)18-31-15-13-21(14-16-31)25(19-31)35-28(34)27(22-11-12-26(33)29-17-22)30-23-9-5-2-6-10-23;3-2(4,5)1(6)7/h1-12,17,21,25,27,30H,13-16,18-19H2;(H,6,7)/t21?,25-,27?,31?;/m0./s1. The van der Waals surface area contributed by atoms with Crippen molar-refractivity contribution in [3.05, 3.63) is 100 Å². The predicted octanol–water partition coefficient (Wildman–Crippen LogP) is 2.86. The van der Waals surface area contributed by atoms with Crippen molar-refractivity contribution >= 4 is 23.4 Å². The SMILES string of the molecule is O=C(C[N+]12CCC(CC1)[C@@H](OC(=O)C(Nc1ccccc1)c1ccc(=O)[nH]c1)C2)c1ccccc1.O=C([O-])C(F)(F)F.